The van der Waals surface area contributed by atoms with E-state index >= 15 is 0 Å². The normalized spacial score (nSPS) is 21.3. The number of sulfonamides is 1. The summed E-state index contributed by atoms with van der Waals surface area (Å²) in [4.78, 5) is 2.44. The van der Waals surface area contributed by atoms with Crippen LogP contribution in [0.15, 0.2) is 29.2 Å². The molecule has 0 spiro atoms. The first-order chi connectivity index (χ1) is 9.41. The highest BCUT2D eigenvalue weighted by Crippen LogP contribution is 2.20. The van der Waals surface area contributed by atoms with Crippen LogP contribution >= 0.6 is 0 Å². The molecule has 0 amide bonds. The van der Waals surface area contributed by atoms with Crippen molar-refractivity contribution in [2.24, 2.45) is 0 Å². The van der Waals surface area contributed by atoms with E-state index < -0.39 is 10.0 Å². The van der Waals surface area contributed by atoms with Crippen LogP contribution in [-0.2, 0) is 16.6 Å². The lowest BCUT2D eigenvalue weighted by atomic mass is 10.2. The number of hydrogen-bond donors (Lipinski definition) is 1. The highest BCUT2D eigenvalue weighted by atomic mass is 32.2. The van der Waals surface area contributed by atoms with Gasteiger partial charge in [-0.2, -0.15) is 4.31 Å². The highest BCUT2D eigenvalue weighted by Gasteiger charge is 2.30. The van der Waals surface area contributed by atoms with E-state index in [-0.39, 0.29) is 6.04 Å². The number of piperazine rings is 1. The van der Waals surface area contributed by atoms with E-state index in [1.807, 2.05) is 33.2 Å². The van der Waals surface area contributed by atoms with E-state index in [9.17, 15) is 8.42 Å². The lowest BCUT2D eigenvalue weighted by molar-refractivity contribution is 0.284. The third-order valence-corrected chi connectivity index (χ3v) is 5.50. The fraction of sp³-hybridized carbons (Fsp3) is 0.571. The Morgan fingerprint density at radius 2 is 1.95 bits per heavy atom. The van der Waals surface area contributed by atoms with Gasteiger partial charge in [0.25, 0.3) is 0 Å². The van der Waals surface area contributed by atoms with E-state index in [0.29, 0.717) is 24.5 Å². The molecule has 1 fully saturated rings. The van der Waals surface area contributed by atoms with Crippen LogP contribution in [0.25, 0.3) is 0 Å². The Hall–Kier alpha value is -0.950. The Balaban J connectivity index is 2.21. The van der Waals surface area contributed by atoms with Gasteiger partial charge in [0.1, 0.15) is 0 Å². The predicted molar refractivity (Wildman–Crippen MR) is 80.1 cm³/mol. The lowest BCUT2D eigenvalue weighted by Gasteiger charge is -2.32. The Morgan fingerprint density at radius 1 is 1.30 bits per heavy atom. The van der Waals surface area contributed by atoms with E-state index in [0.717, 1.165) is 12.1 Å². The van der Waals surface area contributed by atoms with Crippen molar-refractivity contribution >= 4 is 10.0 Å². The van der Waals surface area contributed by atoms with Crippen molar-refractivity contribution in [1.29, 1.82) is 0 Å². The molecule has 1 aromatic rings. The molecule has 0 aliphatic carbocycles. The predicted octanol–water partition coefficient (Wildman–Crippen LogP) is 0.731. The number of benzene rings is 1. The lowest BCUT2D eigenvalue weighted by Crippen LogP contribution is -2.52. The van der Waals surface area contributed by atoms with Gasteiger partial charge in [-0.05, 0) is 38.7 Å². The van der Waals surface area contributed by atoms with Crippen molar-refractivity contribution in [3.05, 3.63) is 29.8 Å². The van der Waals surface area contributed by atoms with Crippen LogP contribution < -0.4 is 5.32 Å². The zero-order valence-electron chi connectivity index (χ0n) is 12.3. The van der Waals surface area contributed by atoms with Crippen molar-refractivity contribution < 1.29 is 8.42 Å². The van der Waals surface area contributed by atoms with E-state index in [1.54, 1.807) is 16.4 Å². The molecule has 1 heterocycles. The molecule has 112 valence electrons. The highest BCUT2D eigenvalue weighted by molar-refractivity contribution is 7.89. The molecular weight excluding hydrogens is 274 g/mol. The Kier molecular flexibility index (Phi) is 4.80. The minimum atomic E-state index is -3.38. The molecule has 1 aliphatic heterocycles. The monoisotopic (exact) mass is 297 g/mol. The van der Waals surface area contributed by atoms with Gasteiger partial charge in [0.05, 0.1) is 4.90 Å². The average molecular weight is 297 g/mol. The largest absolute Gasteiger partial charge is 0.314 e. The van der Waals surface area contributed by atoms with Crippen molar-refractivity contribution in [1.82, 2.24) is 14.5 Å². The second-order valence-corrected chi connectivity index (χ2v) is 7.44. The summed E-state index contributed by atoms with van der Waals surface area (Å²) in [7, 11) is 0.610. The molecule has 0 radical (unpaired) electrons. The molecule has 1 aliphatic rings. The minimum Gasteiger partial charge on any atom is -0.314 e. The first kappa shape index (κ1) is 15.4. The van der Waals surface area contributed by atoms with Gasteiger partial charge in [-0.3, -0.25) is 0 Å². The third kappa shape index (κ3) is 3.38. The Bertz CT molecular complexity index is 540. The number of rotatable bonds is 4. The summed E-state index contributed by atoms with van der Waals surface area (Å²) in [6, 6.07) is 7.20. The molecule has 2 rings (SSSR count). The number of nitrogens with zero attached hydrogens (tertiary/aromatic N) is 2. The Morgan fingerprint density at radius 3 is 2.50 bits per heavy atom. The summed E-state index contributed by atoms with van der Waals surface area (Å²) in [6.45, 7) is 4.69. The van der Waals surface area contributed by atoms with Gasteiger partial charge in [-0.1, -0.05) is 12.1 Å². The third-order valence-electron chi connectivity index (χ3n) is 3.47. The topological polar surface area (TPSA) is 52.7 Å². The fourth-order valence-corrected chi connectivity index (χ4v) is 4.08. The molecule has 5 nitrogen and oxygen atoms in total. The average Bonchev–Trinajstić information content (AvgIpc) is 2.39. The second-order valence-electron chi connectivity index (χ2n) is 5.55. The van der Waals surface area contributed by atoms with Crippen LogP contribution in [0.4, 0.5) is 0 Å². The molecule has 0 unspecified atom stereocenters. The van der Waals surface area contributed by atoms with Gasteiger partial charge in [-0.25, -0.2) is 8.42 Å². The maximum Gasteiger partial charge on any atom is 0.243 e. The van der Waals surface area contributed by atoms with Crippen LogP contribution in [0.3, 0.4) is 0 Å². The zero-order chi connectivity index (χ0) is 14.8. The standard InChI is InChI=1S/C14H23N3O2S/c1-12-10-15-8-9-17(12)20(18,19)14-6-4-13(5-7-14)11-16(2)3/h4-7,12,15H,8-11H2,1-3H3/t12-/m1/s1. The van der Waals surface area contributed by atoms with E-state index in [2.05, 4.69) is 10.2 Å². The zero-order valence-corrected chi connectivity index (χ0v) is 13.2. The maximum atomic E-state index is 12.6. The quantitative estimate of drug-likeness (QED) is 0.890. The van der Waals surface area contributed by atoms with Crippen LogP contribution in [-0.4, -0.2) is 57.4 Å². The summed E-state index contributed by atoms with van der Waals surface area (Å²) in [5, 5.41) is 3.21. The van der Waals surface area contributed by atoms with Gasteiger partial charge in [-0.15, -0.1) is 0 Å². The van der Waals surface area contributed by atoms with Gasteiger partial charge in [0, 0.05) is 32.2 Å². The van der Waals surface area contributed by atoms with Gasteiger partial charge >= 0.3 is 0 Å². The molecule has 1 saturated heterocycles. The Labute approximate surface area is 121 Å². The van der Waals surface area contributed by atoms with Crippen molar-refractivity contribution in [3.63, 3.8) is 0 Å². The van der Waals surface area contributed by atoms with Crippen LogP contribution in [0.1, 0.15) is 12.5 Å². The number of nitrogens with one attached hydrogen (secondary N) is 1. The van der Waals surface area contributed by atoms with E-state index in [4.69, 9.17) is 0 Å². The van der Waals surface area contributed by atoms with E-state index in [1.165, 1.54) is 0 Å². The molecule has 1 atom stereocenters. The maximum absolute atomic E-state index is 12.6. The molecule has 1 aromatic carbocycles. The van der Waals surface area contributed by atoms with Gasteiger partial charge < -0.3 is 10.2 Å². The molecule has 1 N–H and O–H groups in total. The summed E-state index contributed by atoms with van der Waals surface area (Å²) in [5.41, 5.74) is 1.11. The molecular formula is C14H23N3O2S. The summed E-state index contributed by atoms with van der Waals surface area (Å²) >= 11 is 0. The number of hydrogen-bond acceptors (Lipinski definition) is 4. The smallest absolute Gasteiger partial charge is 0.243 e. The fourth-order valence-electron chi connectivity index (χ4n) is 2.45. The van der Waals surface area contributed by atoms with Crippen molar-refractivity contribution in [2.45, 2.75) is 24.4 Å². The summed E-state index contributed by atoms with van der Waals surface area (Å²) in [6.07, 6.45) is 0. The summed E-state index contributed by atoms with van der Waals surface area (Å²) in [5.74, 6) is 0. The molecule has 0 aromatic heterocycles. The first-order valence-corrected chi connectivity index (χ1v) is 8.31. The first-order valence-electron chi connectivity index (χ1n) is 6.87. The SMILES string of the molecule is C[C@@H]1CNCCN1S(=O)(=O)c1ccc(CN(C)C)cc1. The van der Waals surface area contributed by atoms with Crippen molar-refractivity contribution in [2.75, 3.05) is 33.7 Å². The van der Waals surface area contributed by atoms with Crippen LogP contribution in [0, 0.1) is 0 Å². The molecule has 0 saturated carbocycles. The van der Waals surface area contributed by atoms with Gasteiger partial charge in [0.2, 0.25) is 10.0 Å². The van der Waals surface area contributed by atoms with Crippen LogP contribution in [0.2, 0.25) is 0 Å². The summed E-state index contributed by atoms with van der Waals surface area (Å²) < 4.78 is 26.8. The molecule has 0 bridgehead atoms. The van der Waals surface area contributed by atoms with Crippen molar-refractivity contribution in [3.8, 4) is 0 Å². The second kappa shape index (κ2) is 6.22. The molecule has 6 heteroatoms. The van der Waals surface area contributed by atoms with Crippen LogP contribution in [0.5, 0.6) is 0 Å². The van der Waals surface area contributed by atoms with Gasteiger partial charge in [0.15, 0.2) is 0 Å². The minimum absolute atomic E-state index is 0.00444. The molecule has 20 heavy (non-hydrogen) atoms.